The molecule has 8 heteroatoms. The minimum absolute atomic E-state index is 0.0212. The molecule has 2 saturated heterocycles. The van der Waals surface area contributed by atoms with Gasteiger partial charge in [-0.3, -0.25) is 9.69 Å². The van der Waals surface area contributed by atoms with Crippen LogP contribution in [0.1, 0.15) is 70.9 Å². The van der Waals surface area contributed by atoms with E-state index in [1.54, 1.807) is 37.8 Å². The Kier molecular flexibility index (Phi) is 7.34. The van der Waals surface area contributed by atoms with Crippen molar-refractivity contribution in [1.29, 1.82) is 5.26 Å². The Balaban J connectivity index is 1.43. The SMILES string of the molecule is CN1CCC(C)(c2ccc(C[C@@H](C#N)NC(=O)[C@@H]3[C@H]4CC[C@H](C4)N3C(=O)OC(C)(C)C)c(F)c2)CC1. The lowest BCUT2D eigenvalue weighted by molar-refractivity contribution is -0.128. The molecular formula is C28H39FN4O3. The average molecular weight is 499 g/mol. The van der Waals surface area contributed by atoms with Crippen LogP contribution in [0.15, 0.2) is 18.2 Å². The standard InChI is InChI=1S/C28H39FN4O3/c1-27(2,3)36-26(35)33-22-9-7-19(15-22)24(33)25(34)31-21(17-30)14-18-6-8-20(16-23(18)29)28(4)10-12-32(5)13-11-28/h6,8,16,19,21-22,24H,7,9-15H2,1-5H3,(H,31,34)/t19-,21-,22+,24-/m0/s1. The van der Waals surface area contributed by atoms with Crippen LogP contribution in [0.4, 0.5) is 9.18 Å². The first-order chi connectivity index (χ1) is 16.9. The van der Waals surface area contributed by atoms with Crippen LogP contribution in [0.2, 0.25) is 0 Å². The number of halogens is 1. The Morgan fingerprint density at radius 3 is 2.58 bits per heavy atom. The van der Waals surface area contributed by atoms with Crippen molar-refractivity contribution in [3.63, 3.8) is 0 Å². The van der Waals surface area contributed by atoms with Crippen molar-refractivity contribution >= 4 is 12.0 Å². The molecule has 1 aromatic carbocycles. The first-order valence-corrected chi connectivity index (χ1v) is 13.1. The molecule has 7 nitrogen and oxygen atoms in total. The van der Waals surface area contributed by atoms with Crippen molar-refractivity contribution in [1.82, 2.24) is 15.1 Å². The van der Waals surface area contributed by atoms with Crippen LogP contribution in [-0.4, -0.2) is 65.7 Å². The molecule has 2 heterocycles. The fourth-order valence-corrected chi connectivity index (χ4v) is 6.00. The molecule has 2 bridgehead atoms. The van der Waals surface area contributed by atoms with E-state index in [-0.39, 0.29) is 35.5 Å². The van der Waals surface area contributed by atoms with Gasteiger partial charge in [-0.15, -0.1) is 0 Å². The lowest BCUT2D eigenvalue weighted by atomic mass is 9.74. The van der Waals surface area contributed by atoms with Crippen LogP contribution in [-0.2, 0) is 21.4 Å². The van der Waals surface area contributed by atoms with Gasteiger partial charge in [-0.05, 0) is 102 Å². The molecule has 4 rings (SSSR count). The van der Waals surface area contributed by atoms with E-state index in [1.807, 2.05) is 6.07 Å². The summed E-state index contributed by atoms with van der Waals surface area (Å²) in [7, 11) is 2.10. The van der Waals surface area contributed by atoms with Crippen LogP contribution in [0.3, 0.4) is 0 Å². The number of fused-ring (bicyclic) bond motifs is 2. The Morgan fingerprint density at radius 2 is 1.97 bits per heavy atom. The molecule has 1 aromatic rings. The van der Waals surface area contributed by atoms with Gasteiger partial charge in [-0.1, -0.05) is 19.1 Å². The first kappa shape index (κ1) is 26.4. The summed E-state index contributed by atoms with van der Waals surface area (Å²) in [5.41, 5.74) is 0.647. The number of nitrogens with one attached hydrogen (secondary N) is 1. The van der Waals surface area contributed by atoms with Gasteiger partial charge in [0.05, 0.1) is 6.07 Å². The number of hydrogen-bond acceptors (Lipinski definition) is 5. The number of carbonyl (C=O) groups excluding carboxylic acids is 2. The number of nitriles is 1. The summed E-state index contributed by atoms with van der Waals surface area (Å²) in [5.74, 6) is -0.666. The number of hydrogen-bond donors (Lipinski definition) is 1. The van der Waals surface area contributed by atoms with E-state index in [0.717, 1.165) is 50.8 Å². The van der Waals surface area contributed by atoms with E-state index in [2.05, 4.69) is 30.3 Å². The quantitative estimate of drug-likeness (QED) is 0.659. The predicted molar refractivity (Wildman–Crippen MR) is 135 cm³/mol. The van der Waals surface area contributed by atoms with Crippen molar-refractivity contribution in [2.24, 2.45) is 5.92 Å². The third-order valence-electron chi connectivity index (χ3n) is 8.20. The number of ether oxygens (including phenoxy) is 1. The monoisotopic (exact) mass is 498 g/mol. The van der Waals surface area contributed by atoms with Gasteiger partial charge in [0.2, 0.25) is 5.91 Å². The molecule has 196 valence electrons. The van der Waals surface area contributed by atoms with E-state index in [4.69, 9.17) is 4.74 Å². The fraction of sp³-hybridized carbons (Fsp3) is 0.679. The van der Waals surface area contributed by atoms with Gasteiger partial charge in [-0.2, -0.15) is 5.26 Å². The predicted octanol–water partition coefficient (Wildman–Crippen LogP) is 4.15. The van der Waals surface area contributed by atoms with E-state index >= 15 is 4.39 Å². The largest absolute Gasteiger partial charge is 0.444 e. The zero-order valence-electron chi connectivity index (χ0n) is 22.1. The molecule has 0 spiro atoms. The number of amides is 2. The fourth-order valence-electron chi connectivity index (χ4n) is 6.00. The minimum atomic E-state index is -0.892. The van der Waals surface area contributed by atoms with Gasteiger partial charge >= 0.3 is 6.09 Å². The molecule has 0 unspecified atom stereocenters. The number of rotatable bonds is 5. The lowest BCUT2D eigenvalue weighted by Gasteiger charge is -2.38. The van der Waals surface area contributed by atoms with Gasteiger partial charge in [0.25, 0.3) is 0 Å². The third kappa shape index (κ3) is 5.51. The molecule has 3 aliphatic rings. The molecule has 3 fully saturated rings. The van der Waals surface area contributed by atoms with Crippen LogP contribution in [0.25, 0.3) is 0 Å². The molecule has 0 aromatic heterocycles. The second-order valence-electron chi connectivity index (χ2n) is 12.1. The highest BCUT2D eigenvalue weighted by molar-refractivity contribution is 5.87. The number of benzene rings is 1. The molecule has 1 saturated carbocycles. The topological polar surface area (TPSA) is 85.7 Å². The zero-order chi connectivity index (χ0) is 26.3. The van der Waals surface area contributed by atoms with Crippen LogP contribution in [0.5, 0.6) is 0 Å². The number of nitrogens with zero attached hydrogens (tertiary/aromatic N) is 3. The van der Waals surface area contributed by atoms with Crippen molar-refractivity contribution < 1.29 is 18.7 Å². The summed E-state index contributed by atoms with van der Waals surface area (Å²) in [6, 6.07) is 5.83. The van der Waals surface area contributed by atoms with Crippen LogP contribution >= 0.6 is 0 Å². The molecule has 36 heavy (non-hydrogen) atoms. The molecule has 4 atom stereocenters. The maximum Gasteiger partial charge on any atom is 0.411 e. The van der Waals surface area contributed by atoms with Crippen LogP contribution in [0, 0.1) is 23.1 Å². The highest BCUT2D eigenvalue weighted by Crippen LogP contribution is 2.43. The maximum atomic E-state index is 15.1. The van der Waals surface area contributed by atoms with E-state index < -0.39 is 23.8 Å². The Hall–Kier alpha value is -2.66. The number of carbonyl (C=O) groups is 2. The molecule has 1 aliphatic carbocycles. The average Bonchev–Trinajstić information content (AvgIpc) is 3.42. The summed E-state index contributed by atoms with van der Waals surface area (Å²) in [6.07, 6.45) is 3.99. The number of likely N-dealkylation sites (tertiary alicyclic amines) is 2. The summed E-state index contributed by atoms with van der Waals surface area (Å²) in [6.45, 7) is 9.53. The molecule has 0 radical (unpaired) electrons. The zero-order valence-corrected chi connectivity index (χ0v) is 22.1. The van der Waals surface area contributed by atoms with Crippen molar-refractivity contribution in [3.8, 4) is 6.07 Å². The summed E-state index contributed by atoms with van der Waals surface area (Å²) in [4.78, 5) is 30.0. The number of piperidine rings is 2. The van der Waals surface area contributed by atoms with Crippen molar-refractivity contribution in [2.45, 2.75) is 95.4 Å². The van der Waals surface area contributed by atoms with Crippen molar-refractivity contribution in [3.05, 3.63) is 35.1 Å². The minimum Gasteiger partial charge on any atom is -0.444 e. The Labute approximate surface area is 214 Å². The van der Waals surface area contributed by atoms with Gasteiger partial charge in [0, 0.05) is 12.5 Å². The molecule has 2 amide bonds. The van der Waals surface area contributed by atoms with Gasteiger partial charge in [0.15, 0.2) is 0 Å². The third-order valence-corrected chi connectivity index (χ3v) is 8.20. The van der Waals surface area contributed by atoms with E-state index in [1.165, 1.54) is 0 Å². The van der Waals surface area contributed by atoms with Crippen molar-refractivity contribution in [2.75, 3.05) is 20.1 Å². The summed E-state index contributed by atoms with van der Waals surface area (Å²) >= 11 is 0. The highest BCUT2D eigenvalue weighted by Gasteiger charge is 2.52. The summed E-state index contributed by atoms with van der Waals surface area (Å²) < 4.78 is 20.7. The summed E-state index contributed by atoms with van der Waals surface area (Å²) in [5, 5.41) is 12.5. The Morgan fingerprint density at radius 1 is 1.28 bits per heavy atom. The molecule has 2 aliphatic heterocycles. The first-order valence-electron chi connectivity index (χ1n) is 13.1. The van der Waals surface area contributed by atoms with Gasteiger partial charge in [0.1, 0.15) is 23.5 Å². The second kappa shape index (κ2) is 10.0. The van der Waals surface area contributed by atoms with E-state index in [9.17, 15) is 14.9 Å². The highest BCUT2D eigenvalue weighted by atomic mass is 19.1. The second-order valence-corrected chi connectivity index (χ2v) is 12.1. The smallest absolute Gasteiger partial charge is 0.411 e. The van der Waals surface area contributed by atoms with Crippen LogP contribution < -0.4 is 5.32 Å². The lowest BCUT2D eigenvalue weighted by Crippen LogP contribution is -2.55. The normalized spacial score (nSPS) is 26.4. The Bertz CT molecular complexity index is 1040. The molecule has 1 N–H and O–H groups in total. The van der Waals surface area contributed by atoms with Gasteiger partial charge < -0.3 is 15.0 Å². The van der Waals surface area contributed by atoms with Gasteiger partial charge in [-0.25, -0.2) is 9.18 Å². The van der Waals surface area contributed by atoms with E-state index in [0.29, 0.717) is 5.56 Å². The molecular weight excluding hydrogens is 459 g/mol. The maximum absolute atomic E-state index is 15.1.